The molecule has 0 saturated carbocycles. The van der Waals surface area contributed by atoms with Crippen LogP contribution in [0.1, 0.15) is 12.8 Å². The van der Waals surface area contributed by atoms with Gasteiger partial charge in [-0.05, 0) is 24.6 Å². The van der Waals surface area contributed by atoms with Crippen molar-refractivity contribution in [1.82, 2.24) is 9.97 Å². The quantitative estimate of drug-likeness (QED) is 0.524. The van der Waals surface area contributed by atoms with Crippen molar-refractivity contribution in [3.05, 3.63) is 40.7 Å². The molecule has 2 heterocycles. The summed E-state index contributed by atoms with van der Waals surface area (Å²) in [5, 5.41) is 11.3. The maximum absolute atomic E-state index is 11.9. The number of benzene rings is 1. The lowest BCUT2D eigenvalue weighted by Gasteiger charge is -2.17. The molecule has 1 aliphatic heterocycles. The molecule has 0 atom stereocenters. The summed E-state index contributed by atoms with van der Waals surface area (Å²) in [5.41, 5.74) is 6.32. The minimum absolute atomic E-state index is 0.00958. The normalized spacial score (nSPS) is 14.4. The van der Waals surface area contributed by atoms with Gasteiger partial charge in [0, 0.05) is 31.0 Å². The van der Waals surface area contributed by atoms with E-state index in [2.05, 4.69) is 9.97 Å². The molecule has 0 radical (unpaired) electrons. The number of nitro benzene ring substituents is 1. The van der Waals surface area contributed by atoms with Crippen molar-refractivity contribution in [1.29, 1.82) is 0 Å². The van der Waals surface area contributed by atoms with Gasteiger partial charge in [0.05, 0.1) is 4.92 Å². The molecule has 22 heavy (non-hydrogen) atoms. The molecule has 0 spiro atoms. The number of nitrogens with zero attached hydrogens (tertiary/aromatic N) is 4. The summed E-state index contributed by atoms with van der Waals surface area (Å²) in [7, 11) is 0. The molecule has 1 aromatic carbocycles. The molecule has 0 unspecified atom stereocenters. The minimum atomic E-state index is -0.559. The van der Waals surface area contributed by atoms with Gasteiger partial charge in [-0.3, -0.25) is 14.9 Å². The second kappa shape index (κ2) is 5.40. The maximum Gasteiger partial charge on any atom is 0.303 e. The van der Waals surface area contributed by atoms with Gasteiger partial charge in [0.1, 0.15) is 11.3 Å². The van der Waals surface area contributed by atoms with E-state index in [0.717, 1.165) is 6.42 Å². The van der Waals surface area contributed by atoms with E-state index in [0.29, 0.717) is 18.7 Å². The summed E-state index contributed by atoms with van der Waals surface area (Å²) in [6.45, 7) is 0.575. The van der Waals surface area contributed by atoms with Crippen LogP contribution in [0.5, 0.6) is 0 Å². The van der Waals surface area contributed by atoms with Gasteiger partial charge in [-0.25, -0.2) is 9.97 Å². The predicted molar refractivity (Wildman–Crippen MR) is 80.1 cm³/mol. The molecule has 0 bridgehead atoms. The Bertz CT molecular complexity index is 748. The van der Waals surface area contributed by atoms with Gasteiger partial charge >= 0.3 is 5.69 Å². The number of hydrogen-bond acceptors (Lipinski definition) is 6. The SMILES string of the molecule is Nc1cc(N2CCCC2=O)cc(-c2ncccn2)c1[N+](=O)[O-]. The summed E-state index contributed by atoms with van der Waals surface area (Å²) in [6.07, 6.45) is 4.22. The Kier molecular flexibility index (Phi) is 3.42. The Balaban J connectivity index is 2.19. The molecule has 8 heteroatoms. The van der Waals surface area contributed by atoms with E-state index in [9.17, 15) is 14.9 Å². The van der Waals surface area contributed by atoms with E-state index < -0.39 is 4.92 Å². The average molecular weight is 299 g/mol. The Morgan fingerprint density at radius 3 is 2.59 bits per heavy atom. The van der Waals surface area contributed by atoms with E-state index in [-0.39, 0.29) is 28.7 Å². The molecule has 1 aromatic heterocycles. The number of rotatable bonds is 3. The van der Waals surface area contributed by atoms with Crippen molar-refractivity contribution < 1.29 is 9.72 Å². The third kappa shape index (κ3) is 2.34. The van der Waals surface area contributed by atoms with E-state index in [4.69, 9.17) is 5.73 Å². The van der Waals surface area contributed by atoms with Gasteiger partial charge < -0.3 is 10.6 Å². The number of carbonyl (C=O) groups excluding carboxylic acids is 1. The number of amides is 1. The number of aromatic nitrogens is 2. The lowest BCUT2D eigenvalue weighted by Crippen LogP contribution is -2.24. The largest absolute Gasteiger partial charge is 0.393 e. The summed E-state index contributed by atoms with van der Waals surface area (Å²) < 4.78 is 0. The molecule has 1 aliphatic rings. The van der Waals surface area contributed by atoms with Crippen molar-refractivity contribution in [3.8, 4) is 11.4 Å². The molecule has 1 saturated heterocycles. The topological polar surface area (TPSA) is 115 Å². The first kappa shape index (κ1) is 13.9. The fraction of sp³-hybridized carbons (Fsp3) is 0.214. The first-order valence-electron chi connectivity index (χ1n) is 6.73. The minimum Gasteiger partial charge on any atom is -0.393 e. The van der Waals surface area contributed by atoms with Gasteiger partial charge in [0.25, 0.3) is 0 Å². The summed E-state index contributed by atoms with van der Waals surface area (Å²) in [4.78, 5) is 32.3. The number of nitrogen functional groups attached to an aromatic ring is 1. The first-order chi connectivity index (χ1) is 10.6. The monoisotopic (exact) mass is 299 g/mol. The molecule has 8 nitrogen and oxygen atoms in total. The zero-order valence-electron chi connectivity index (χ0n) is 11.6. The van der Waals surface area contributed by atoms with E-state index in [1.54, 1.807) is 17.0 Å². The Hall–Kier alpha value is -3.03. The van der Waals surface area contributed by atoms with Crippen molar-refractivity contribution in [2.24, 2.45) is 0 Å². The second-order valence-electron chi connectivity index (χ2n) is 4.91. The number of nitro groups is 1. The van der Waals surface area contributed by atoms with Crippen LogP contribution in [-0.4, -0.2) is 27.3 Å². The molecule has 1 fully saturated rings. The number of nitrogens with two attached hydrogens (primary N) is 1. The van der Waals surface area contributed by atoms with Gasteiger partial charge in [-0.15, -0.1) is 0 Å². The summed E-state index contributed by atoms with van der Waals surface area (Å²) in [6, 6.07) is 4.62. The first-order valence-corrected chi connectivity index (χ1v) is 6.73. The number of carbonyl (C=O) groups is 1. The third-order valence-electron chi connectivity index (χ3n) is 3.50. The van der Waals surface area contributed by atoms with Crippen LogP contribution >= 0.6 is 0 Å². The fourth-order valence-corrected chi connectivity index (χ4v) is 2.53. The summed E-state index contributed by atoms with van der Waals surface area (Å²) >= 11 is 0. The van der Waals surface area contributed by atoms with Crippen LogP contribution in [0.3, 0.4) is 0 Å². The van der Waals surface area contributed by atoms with Gasteiger partial charge in [0.15, 0.2) is 5.82 Å². The predicted octanol–water partition coefficient (Wildman–Crippen LogP) is 1.76. The second-order valence-corrected chi connectivity index (χ2v) is 4.91. The molecular weight excluding hydrogens is 286 g/mol. The highest BCUT2D eigenvalue weighted by atomic mass is 16.6. The van der Waals surface area contributed by atoms with Crippen LogP contribution in [0.15, 0.2) is 30.6 Å². The molecule has 2 N–H and O–H groups in total. The van der Waals surface area contributed by atoms with Crippen molar-refractivity contribution in [2.75, 3.05) is 17.2 Å². The van der Waals surface area contributed by atoms with Crippen LogP contribution in [0.25, 0.3) is 11.4 Å². The van der Waals surface area contributed by atoms with Crippen LogP contribution in [-0.2, 0) is 4.79 Å². The zero-order chi connectivity index (χ0) is 15.7. The molecule has 112 valence electrons. The highest BCUT2D eigenvalue weighted by Crippen LogP contribution is 2.38. The molecule has 0 aliphatic carbocycles. The maximum atomic E-state index is 11.9. The Morgan fingerprint density at radius 1 is 1.27 bits per heavy atom. The van der Waals surface area contributed by atoms with Crippen molar-refractivity contribution in [2.45, 2.75) is 12.8 Å². The lowest BCUT2D eigenvalue weighted by atomic mass is 10.1. The third-order valence-corrected chi connectivity index (χ3v) is 3.50. The van der Waals surface area contributed by atoms with E-state index in [1.165, 1.54) is 18.5 Å². The van der Waals surface area contributed by atoms with Gasteiger partial charge in [-0.1, -0.05) is 0 Å². The van der Waals surface area contributed by atoms with Gasteiger partial charge in [-0.2, -0.15) is 0 Å². The summed E-state index contributed by atoms with van der Waals surface area (Å²) in [5.74, 6) is 0.183. The van der Waals surface area contributed by atoms with Crippen LogP contribution < -0.4 is 10.6 Å². The van der Waals surface area contributed by atoms with Gasteiger partial charge in [0.2, 0.25) is 5.91 Å². The number of hydrogen-bond donors (Lipinski definition) is 1. The highest BCUT2D eigenvalue weighted by molar-refractivity contribution is 5.97. The average Bonchev–Trinajstić information content (AvgIpc) is 2.93. The van der Waals surface area contributed by atoms with E-state index >= 15 is 0 Å². The number of anilines is 2. The zero-order valence-corrected chi connectivity index (χ0v) is 11.6. The molecular formula is C14H13N5O3. The molecule has 2 aromatic rings. The van der Waals surface area contributed by atoms with Crippen molar-refractivity contribution >= 4 is 23.0 Å². The van der Waals surface area contributed by atoms with Crippen LogP contribution in [0, 0.1) is 10.1 Å². The smallest absolute Gasteiger partial charge is 0.303 e. The fourth-order valence-electron chi connectivity index (χ4n) is 2.53. The lowest BCUT2D eigenvalue weighted by molar-refractivity contribution is -0.383. The van der Waals surface area contributed by atoms with E-state index in [1.807, 2.05) is 0 Å². The highest BCUT2D eigenvalue weighted by Gasteiger charge is 2.27. The standard InChI is InChI=1S/C14H13N5O3/c15-11-8-9(18-6-1-3-12(18)20)7-10(13(11)19(21)22)14-16-4-2-5-17-14/h2,4-5,7-8H,1,3,6,15H2. The Morgan fingerprint density at radius 2 is 2.00 bits per heavy atom. The van der Waals surface area contributed by atoms with Crippen molar-refractivity contribution in [3.63, 3.8) is 0 Å². The molecule has 3 rings (SSSR count). The molecule has 1 amide bonds. The van der Waals surface area contributed by atoms with Crippen LogP contribution in [0.4, 0.5) is 17.1 Å². The Labute approximate surface area is 125 Å². The van der Waals surface area contributed by atoms with Crippen LogP contribution in [0.2, 0.25) is 0 Å².